The van der Waals surface area contributed by atoms with Crippen LogP contribution >= 0.6 is 11.8 Å². The van der Waals surface area contributed by atoms with Crippen LogP contribution in [0.15, 0.2) is 62.6 Å². The molecule has 5 rings (SSSR count). The molecule has 1 fully saturated rings. The number of phenolic OH excluding ortho intramolecular Hbond substituents is 1. The van der Waals surface area contributed by atoms with Crippen LogP contribution < -0.4 is 4.90 Å². The van der Waals surface area contributed by atoms with Crippen molar-refractivity contribution in [1.29, 1.82) is 0 Å². The number of piperazine rings is 1. The number of hydrogen-bond acceptors (Lipinski definition) is 9. The molecule has 3 heterocycles. The van der Waals surface area contributed by atoms with Crippen molar-refractivity contribution in [3.05, 3.63) is 48.5 Å². The van der Waals surface area contributed by atoms with Crippen LogP contribution in [0.5, 0.6) is 5.75 Å². The summed E-state index contributed by atoms with van der Waals surface area (Å²) < 4.78 is 11.6. The highest BCUT2D eigenvalue weighted by Crippen LogP contribution is 2.25. The molecule has 1 aliphatic rings. The van der Waals surface area contributed by atoms with E-state index in [0.29, 0.717) is 11.1 Å². The van der Waals surface area contributed by atoms with E-state index < -0.39 is 0 Å². The quantitative estimate of drug-likeness (QED) is 0.341. The molecule has 4 aromatic rings. The van der Waals surface area contributed by atoms with Gasteiger partial charge in [-0.25, -0.2) is 0 Å². The van der Waals surface area contributed by atoms with Crippen LogP contribution in [0.3, 0.4) is 0 Å². The minimum absolute atomic E-state index is 0.215. The summed E-state index contributed by atoms with van der Waals surface area (Å²) in [6, 6.07) is 15.3. The average molecular weight is 438 g/mol. The van der Waals surface area contributed by atoms with Gasteiger partial charge in [-0.3, -0.25) is 4.90 Å². The first kappa shape index (κ1) is 19.9. The highest BCUT2D eigenvalue weighted by atomic mass is 32.2. The molecule has 9 heteroatoms. The molecular weight excluding hydrogens is 414 g/mol. The number of aromatic hydroxyl groups is 1. The van der Waals surface area contributed by atoms with Gasteiger partial charge in [0.15, 0.2) is 5.58 Å². The van der Waals surface area contributed by atoms with Gasteiger partial charge in [-0.2, -0.15) is 4.98 Å². The van der Waals surface area contributed by atoms with Crippen LogP contribution in [-0.2, 0) is 0 Å². The monoisotopic (exact) mass is 437 g/mol. The number of thioether (sulfide) groups is 1. The van der Waals surface area contributed by atoms with E-state index in [2.05, 4.69) is 25.0 Å². The maximum absolute atomic E-state index is 9.38. The van der Waals surface area contributed by atoms with E-state index in [9.17, 15) is 5.11 Å². The van der Waals surface area contributed by atoms with Crippen LogP contribution in [0.2, 0.25) is 0 Å². The van der Waals surface area contributed by atoms with Crippen molar-refractivity contribution in [1.82, 2.24) is 20.1 Å². The highest BCUT2D eigenvalue weighted by molar-refractivity contribution is 7.99. The lowest BCUT2D eigenvalue weighted by atomic mass is 10.2. The predicted molar refractivity (Wildman–Crippen MR) is 119 cm³/mol. The Morgan fingerprint density at radius 2 is 1.74 bits per heavy atom. The first-order chi connectivity index (χ1) is 15.2. The SMILES string of the molecule is Oc1ccc(-c2nnc(SCCCN3CCN(c4nc5ccccc5o4)CC3)o2)cc1. The molecular formula is C22H23N5O3S. The summed E-state index contributed by atoms with van der Waals surface area (Å²) >= 11 is 1.58. The maximum Gasteiger partial charge on any atom is 0.298 e. The molecule has 0 bridgehead atoms. The summed E-state index contributed by atoms with van der Waals surface area (Å²) in [7, 11) is 0. The second kappa shape index (κ2) is 8.99. The largest absolute Gasteiger partial charge is 0.508 e. The number of nitrogens with zero attached hydrogens (tertiary/aromatic N) is 5. The third-order valence-corrected chi connectivity index (χ3v) is 6.20. The molecule has 2 aromatic carbocycles. The molecule has 8 nitrogen and oxygen atoms in total. The van der Waals surface area contributed by atoms with Gasteiger partial charge in [0.1, 0.15) is 11.3 Å². The van der Waals surface area contributed by atoms with Gasteiger partial charge in [-0.15, -0.1) is 10.2 Å². The summed E-state index contributed by atoms with van der Waals surface area (Å²) in [5, 5.41) is 18.1. The standard InChI is InChI=1S/C22H23N5O3S/c28-17-8-6-16(7-9-17)20-24-25-22(30-20)31-15-3-10-26-11-13-27(14-12-26)21-23-18-4-1-2-5-19(18)29-21/h1-2,4-9,28H,3,10-15H2. The molecule has 1 aliphatic heterocycles. The van der Waals surface area contributed by atoms with Gasteiger partial charge in [0.25, 0.3) is 11.2 Å². The van der Waals surface area contributed by atoms with E-state index in [4.69, 9.17) is 8.83 Å². The summed E-state index contributed by atoms with van der Waals surface area (Å²) in [4.78, 5) is 9.28. The van der Waals surface area contributed by atoms with Gasteiger partial charge in [-0.1, -0.05) is 23.9 Å². The van der Waals surface area contributed by atoms with Crippen LogP contribution in [0, 0.1) is 0 Å². The minimum atomic E-state index is 0.215. The number of hydrogen-bond donors (Lipinski definition) is 1. The Bertz CT molecular complexity index is 1100. The smallest absolute Gasteiger partial charge is 0.298 e. The van der Waals surface area contributed by atoms with E-state index in [1.165, 1.54) is 0 Å². The minimum Gasteiger partial charge on any atom is -0.508 e. The van der Waals surface area contributed by atoms with E-state index in [1.54, 1.807) is 36.0 Å². The van der Waals surface area contributed by atoms with E-state index in [1.807, 2.05) is 24.3 Å². The molecule has 0 unspecified atom stereocenters. The lowest BCUT2D eigenvalue weighted by Gasteiger charge is -2.33. The number of aromatic nitrogens is 3. The zero-order valence-corrected chi connectivity index (χ0v) is 17.8. The average Bonchev–Trinajstić information content (AvgIpc) is 3.45. The van der Waals surface area contributed by atoms with Crippen LogP contribution in [0.25, 0.3) is 22.6 Å². The van der Waals surface area contributed by atoms with E-state index in [-0.39, 0.29) is 5.75 Å². The number of anilines is 1. The molecule has 1 saturated heterocycles. The Morgan fingerprint density at radius 3 is 2.55 bits per heavy atom. The zero-order valence-electron chi connectivity index (χ0n) is 17.0. The number of phenols is 1. The Labute approximate surface area is 183 Å². The van der Waals surface area contributed by atoms with E-state index >= 15 is 0 Å². The highest BCUT2D eigenvalue weighted by Gasteiger charge is 2.20. The number of benzene rings is 2. The Hall–Kier alpha value is -3.04. The molecule has 0 spiro atoms. The summed E-state index contributed by atoms with van der Waals surface area (Å²) in [6.45, 7) is 4.86. The Morgan fingerprint density at radius 1 is 0.935 bits per heavy atom. The van der Waals surface area contributed by atoms with E-state index in [0.717, 1.165) is 67.6 Å². The molecule has 0 amide bonds. The molecule has 0 atom stereocenters. The summed E-state index contributed by atoms with van der Waals surface area (Å²) in [6.07, 6.45) is 1.05. The molecule has 0 radical (unpaired) electrons. The van der Waals surface area contributed by atoms with Crippen molar-refractivity contribution in [2.75, 3.05) is 43.4 Å². The first-order valence-electron chi connectivity index (χ1n) is 10.3. The lowest BCUT2D eigenvalue weighted by Crippen LogP contribution is -2.46. The van der Waals surface area contributed by atoms with Crippen molar-refractivity contribution in [2.45, 2.75) is 11.6 Å². The van der Waals surface area contributed by atoms with Gasteiger partial charge in [0.2, 0.25) is 5.89 Å². The normalized spacial score (nSPS) is 15.0. The zero-order chi connectivity index (χ0) is 21.0. The fourth-order valence-corrected chi connectivity index (χ4v) is 4.28. The molecule has 2 aromatic heterocycles. The fourth-order valence-electron chi connectivity index (χ4n) is 3.59. The third-order valence-electron chi connectivity index (χ3n) is 5.29. The van der Waals surface area contributed by atoms with Gasteiger partial charge in [-0.05, 0) is 49.4 Å². The van der Waals surface area contributed by atoms with Crippen molar-refractivity contribution < 1.29 is 13.9 Å². The summed E-state index contributed by atoms with van der Waals surface area (Å²) in [5.41, 5.74) is 2.55. The van der Waals surface area contributed by atoms with Crippen LogP contribution in [0.1, 0.15) is 6.42 Å². The number of oxazole rings is 1. The van der Waals surface area contributed by atoms with Gasteiger partial charge in [0.05, 0.1) is 0 Å². The van der Waals surface area contributed by atoms with Crippen molar-refractivity contribution in [3.8, 4) is 17.2 Å². The molecule has 1 N–H and O–H groups in total. The number of para-hydroxylation sites is 2. The van der Waals surface area contributed by atoms with Crippen LogP contribution in [-0.4, -0.2) is 63.7 Å². The van der Waals surface area contributed by atoms with Gasteiger partial charge < -0.3 is 18.8 Å². The predicted octanol–water partition coefficient (Wildman–Crippen LogP) is 3.89. The molecule has 160 valence electrons. The van der Waals surface area contributed by atoms with Crippen molar-refractivity contribution in [2.24, 2.45) is 0 Å². The molecule has 0 aliphatic carbocycles. The second-order valence-corrected chi connectivity index (χ2v) is 8.46. The Balaban J connectivity index is 1.05. The first-order valence-corrected chi connectivity index (χ1v) is 11.3. The van der Waals surface area contributed by atoms with Crippen molar-refractivity contribution >= 4 is 28.9 Å². The van der Waals surface area contributed by atoms with Crippen LogP contribution in [0.4, 0.5) is 6.01 Å². The van der Waals surface area contributed by atoms with Crippen molar-refractivity contribution in [3.63, 3.8) is 0 Å². The second-order valence-electron chi connectivity index (χ2n) is 7.41. The topological polar surface area (TPSA) is 91.7 Å². The maximum atomic E-state index is 9.38. The summed E-state index contributed by atoms with van der Waals surface area (Å²) in [5.74, 6) is 1.60. The molecule has 31 heavy (non-hydrogen) atoms. The lowest BCUT2D eigenvalue weighted by molar-refractivity contribution is 0.254. The number of rotatable bonds is 7. The van der Waals surface area contributed by atoms with Gasteiger partial charge in [0, 0.05) is 37.5 Å². The number of fused-ring (bicyclic) bond motifs is 1. The third kappa shape index (κ3) is 4.67. The Kier molecular flexibility index (Phi) is 5.77. The molecule has 0 saturated carbocycles. The fraction of sp³-hybridized carbons (Fsp3) is 0.318. The van der Waals surface area contributed by atoms with Gasteiger partial charge >= 0.3 is 0 Å².